The molecule has 0 heterocycles. The highest BCUT2D eigenvalue weighted by atomic mass is 16.5. The van der Waals surface area contributed by atoms with Crippen molar-refractivity contribution in [3.05, 3.63) is 0 Å². The Morgan fingerprint density at radius 1 is 1.24 bits per heavy atom. The van der Waals surface area contributed by atoms with E-state index in [-0.39, 0.29) is 23.5 Å². The summed E-state index contributed by atoms with van der Waals surface area (Å²) in [7, 11) is 0. The van der Waals surface area contributed by atoms with Gasteiger partial charge in [-0.05, 0) is 32.6 Å². The van der Waals surface area contributed by atoms with Crippen molar-refractivity contribution in [3.8, 4) is 0 Å². The zero-order valence-electron chi connectivity index (χ0n) is 10.2. The van der Waals surface area contributed by atoms with E-state index in [4.69, 9.17) is 4.74 Å². The van der Waals surface area contributed by atoms with Crippen molar-refractivity contribution < 1.29 is 19.1 Å². The molecule has 1 spiro atoms. The van der Waals surface area contributed by atoms with Gasteiger partial charge in [0.15, 0.2) is 0 Å². The van der Waals surface area contributed by atoms with Gasteiger partial charge in [0.1, 0.15) is 11.6 Å². The van der Waals surface area contributed by atoms with E-state index in [0.29, 0.717) is 45.1 Å². The fraction of sp³-hybridized carbons (Fsp3) is 0.769. The lowest BCUT2D eigenvalue weighted by atomic mass is 9.68. The van der Waals surface area contributed by atoms with Crippen molar-refractivity contribution >= 4 is 17.5 Å². The number of carbonyl (C=O) groups excluding carboxylic acids is 3. The van der Waals surface area contributed by atoms with E-state index in [9.17, 15) is 14.4 Å². The number of Topliss-reactive ketones (excluding diaryl/α,β-unsaturated/α-hetero) is 2. The van der Waals surface area contributed by atoms with Gasteiger partial charge in [0.05, 0.1) is 17.9 Å². The maximum atomic E-state index is 11.8. The minimum Gasteiger partial charge on any atom is -0.466 e. The first-order valence-electron chi connectivity index (χ1n) is 6.33. The topological polar surface area (TPSA) is 60.4 Å². The zero-order chi connectivity index (χ0) is 12.5. The third kappa shape index (κ3) is 2.01. The SMILES string of the molecule is CCOC(=O)C1CCC2(CC1)C(=O)CCC2=O. The van der Waals surface area contributed by atoms with E-state index in [0.717, 1.165) is 0 Å². The van der Waals surface area contributed by atoms with Gasteiger partial charge >= 0.3 is 5.97 Å². The van der Waals surface area contributed by atoms with Crippen LogP contribution in [0.4, 0.5) is 0 Å². The molecule has 17 heavy (non-hydrogen) atoms. The lowest BCUT2D eigenvalue weighted by Crippen LogP contribution is -2.38. The highest BCUT2D eigenvalue weighted by molar-refractivity contribution is 6.12. The van der Waals surface area contributed by atoms with Crippen LogP contribution in [0.1, 0.15) is 45.4 Å². The highest BCUT2D eigenvalue weighted by Crippen LogP contribution is 2.46. The van der Waals surface area contributed by atoms with Crippen LogP contribution in [0.25, 0.3) is 0 Å². The number of ketones is 2. The van der Waals surface area contributed by atoms with Gasteiger partial charge in [0.2, 0.25) is 0 Å². The number of carbonyl (C=O) groups is 3. The Hall–Kier alpha value is -1.19. The van der Waals surface area contributed by atoms with Crippen LogP contribution in [0.3, 0.4) is 0 Å². The first-order valence-corrected chi connectivity index (χ1v) is 6.33. The molecule has 4 heteroatoms. The monoisotopic (exact) mass is 238 g/mol. The average Bonchev–Trinajstić information content (AvgIpc) is 2.59. The predicted molar refractivity (Wildman–Crippen MR) is 60.3 cm³/mol. The molecule has 2 rings (SSSR count). The molecule has 2 fully saturated rings. The molecule has 0 aromatic rings. The maximum Gasteiger partial charge on any atom is 0.308 e. The average molecular weight is 238 g/mol. The van der Waals surface area contributed by atoms with Gasteiger partial charge < -0.3 is 4.74 Å². The number of ether oxygens (including phenoxy) is 1. The van der Waals surface area contributed by atoms with Crippen LogP contribution in [0.5, 0.6) is 0 Å². The second-order valence-electron chi connectivity index (χ2n) is 4.95. The van der Waals surface area contributed by atoms with Gasteiger partial charge in [-0.1, -0.05) is 0 Å². The van der Waals surface area contributed by atoms with Crippen LogP contribution in [0.2, 0.25) is 0 Å². The Kier molecular flexibility index (Phi) is 3.31. The number of esters is 1. The van der Waals surface area contributed by atoms with E-state index >= 15 is 0 Å². The molecule has 0 radical (unpaired) electrons. The Morgan fingerprint density at radius 2 is 1.76 bits per heavy atom. The van der Waals surface area contributed by atoms with Gasteiger partial charge in [-0.15, -0.1) is 0 Å². The van der Waals surface area contributed by atoms with Gasteiger partial charge in [-0.25, -0.2) is 0 Å². The first-order chi connectivity index (χ1) is 8.10. The molecule has 0 saturated heterocycles. The summed E-state index contributed by atoms with van der Waals surface area (Å²) >= 11 is 0. The molecule has 4 nitrogen and oxygen atoms in total. The molecule has 0 amide bonds. The molecular formula is C13H18O4. The molecule has 0 aromatic carbocycles. The van der Waals surface area contributed by atoms with E-state index in [1.807, 2.05) is 0 Å². The van der Waals surface area contributed by atoms with E-state index in [1.54, 1.807) is 6.92 Å². The summed E-state index contributed by atoms with van der Waals surface area (Å²) in [6.07, 6.45) is 3.07. The molecular weight excluding hydrogens is 220 g/mol. The van der Waals surface area contributed by atoms with Crippen LogP contribution in [0, 0.1) is 11.3 Å². The molecule has 94 valence electrons. The summed E-state index contributed by atoms with van der Waals surface area (Å²) in [6.45, 7) is 2.17. The van der Waals surface area contributed by atoms with Gasteiger partial charge in [0.25, 0.3) is 0 Å². The molecule has 0 atom stereocenters. The predicted octanol–water partition coefficient (Wildman–Crippen LogP) is 1.66. The smallest absolute Gasteiger partial charge is 0.308 e. The van der Waals surface area contributed by atoms with Crippen molar-refractivity contribution in [2.24, 2.45) is 11.3 Å². The molecule has 2 aliphatic carbocycles. The van der Waals surface area contributed by atoms with Gasteiger partial charge in [-0.3, -0.25) is 14.4 Å². The number of hydrogen-bond donors (Lipinski definition) is 0. The Balaban J connectivity index is 2.00. The van der Waals surface area contributed by atoms with Crippen molar-refractivity contribution in [2.75, 3.05) is 6.61 Å². The second-order valence-corrected chi connectivity index (χ2v) is 4.95. The quantitative estimate of drug-likeness (QED) is 0.542. The first kappa shape index (κ1) is 12.3. The second kappa shape index (κ2) is 4.59. The molecule has 2 saturated carbocycles. The van der Waals surface area contributed by atoms with E-state index in [2.05, 4.69) is 0 Å². The van der Waals surface area contributed by atoms with Crippen molar-refractivity contribution in [1.29, 1.82) is 0 Å². The van der Waals surface area contributed by atoms with Crippen LogP contribution >= 0.6 is 0 Å². The minimum absolute atomic E-state index is 0.0878. The highest BCUT2D eigenvalue weighted by Gasteiger charge is 2.51. The summed E-state index contributed by atoms with van der Waals surface area (Å²) in [4.78, 5) is 35.2. The molecule has 0 N–H and O–H groups in total. The Bertz CT molecular complexity index is 332. The van der Waals surface area contributed by atoms with Crippen LogP contribution in [-0.4, -0.2) is 24.1 Å². The fourth-order valence-electron chi connectivity index (χ4n) is 3.03. The van der Waals surface area contributed by atoms with Gasteiger partial charge in [-0.2, -0.15) is 0 Å². The zero-order valence-corrected chi connectivity index (χ0v) is 10.2. The molecule has 2 aliphatic rings. The minimum atomic E-state index is -0.733. The molecule has 0 aromatic heterocycles. The van der Waals surface area contributed by atoms with E-state index in [1.165, 1.54) is 0 Å². The molecule has 0 bridgehead atoms. The number of rotatable bonds is 2. The Labute approximate surface area is 101 Å². The standard InChI is InChI=1S/C13H18O4/c1-2-17-12(16)9-5-7-13(8-6-9)10(14)3-4-11(13)15/h9H,2-8H2,1H3. The lowest BCUT2D eigenvalue weighted by molar-refractivity contribution is -0.152. The summed E-state index contributed by atoms with van der Waals surface area (Å²) in [5.74, 6) is -0.128. The summed E-state index contributed by atoms with van der Waals surface area (Å²) in [5, 5.41) is 0. The van der Waals surface area contributed by atoms with Crippen molar-refractivity contribution in [1.82, 2.24) is 0 Å². The van der Waals surface area contributed by atoms with E-state index < -0.39 is 5.41 Å². The largest absolute Gasteiger partial charge is 0.466 e. The third-order valence-corrected chi connectivity index (χ3v) is 4.11. The molecule has 0 aliphatic heterocycles. The lowest BCUT2D eigenvalue weighted by Gasteiger charge is -2.33. The normalized spacial score (nSPS) is 24.3. The Morgan fingerprint density at radius 3 is 2.24 bits per heavy atom. The summed E-state index contributed by atoms with van der Waals surface area (Å²) < 4.78 is 4.98. The fourth-order valence-corrected chi connectivity index (χ4v) is 3.03. The van der Waals surface area contributed by atoms with Crippen molar-refractivity contribution in [3.63, 3.8) is 0 Å². The maximum absolute atomic E-state index is 11.8. The van der Waals surface area contributed by atoms with Gasteiger partial charge in [0, 0.05) is 12.8 Å². The molecule has 0 unspecified atom stereocenters. The van der Waals surface area contributed by atoms with Crippen LogP contribution in [-0.2, 0) is 19.1 Å². The van der Waals surface area contributed by atoms with Crippen molar-refractivity contribution in [2.45, 2.75) is 45.4 Å². The number of hydrogen-bond acceptors (Lipinski definition) is 4. The summed E-state index contributed by atoms with van der Waals surface area (Å²) in [5.41, 5.74) is -0.733. The van der Waals surface area contributed by atoms with Crippen LogP contribution in [0.15, 0.2) is 0 Å². The van der Waals surface area contributed by atoms with Crippen LogP contribution < -0.4 is 0 Å². The third-order valence-electron chi connectivity index (χ3n) is 4.11. The summed E-state index contributed by atoms with van der Waals surface area (Å²) in [6, 6.07) is 0.